The molecule has 1 amide bonds. The molecule has 0 bridgehead atoms. The maximum absolute atomic E-state index is 11.8. The average molecular weight is 325 g/mol. The number of nitrogens with zero attached hydrogens (tertiary/aromatic N) is 2. The van der Waals surface area contributed by atoms with Crippen LogP contribution >= 0.6 is 11.3 Å². The number of hydrogen-bond donors (Lipinski definition) is 1. The maximum Gasteiger partial charge on any atom is 0.224 e. The van der Waals surface area contributed by atoms with E-state index in [4.69, 9.17) is 5.14 Å². The first-order valence-electron chi connectivity index (χ1n) is 6.57. The van der Waals surface area contributed by atoms with Crippen LogP contribution in [-0.2, 0) is 21.2 Å². The smallest absolute Gasteiger partial charge is 0.224 e. The van der Waals surface area contributed by atoms with Crippen LogP contribution in [0.3, 0.4) is 0 Å². The van der Waals surface area contributed by atoms with Gasteiger partial charge in [-0.2, -0.15) is 0 Å². The van der Waals surface area contributed by atoms with Crippen molar-refractivity contribution in [3.05, 3.63) is 29.3 Å². The lowest BCUT2D eigenvalue weighted by molar-refractivity contribution is -0.127. The van der Waals surface area contributed by atoms with E-state index in [-0.39, 0.29) is 18.9 Å². The lowest BCUT2D eigenvalue weighted by atomic mass is 10.3. The molecule has 1 atom stereocenters. The Kier molecular flexibility index (Phi) is 3.68. The van der Waals surface area contributed by atoms with Gasteiger partial charge in [0, 0.05) is 25.9 Å². The third-order valence-electron chi connectivity index (χ3n) is 3.58. The number of benzene rings is 1. The van der Waals surface area contributed by atoms with Gasteiger partial charge >= 0.3 is 0 Å². The Morgan fingerprint density at radius 1 is 1.38 bits per heavy atom. The van der Waals surface area contributed by atoms with Gasteiger partial charge in [0.2, 0.25) is 15.9 Å². The number of likely N-dealkylation sites (tertiary alicyclic amines) is 1. The highest BCUT2D eigenvalue weighted by atomic mass is 32.2. The fourth-order valence-corrected chi connectivity index (χ4v) is 4.15. The molecule has 2 N–H and O–H groups in total. The van der Waals surface area contributed by atoms with Crippen LogP contribution in [0.5, 0.6) is 0 Å². The van der Waals surface area contributed by atoms with Gasteiger partial charge < -0.3 is 4.90 Å². The van der Waals surface area contributed by atoms with Crippen molar-refractivity contribution >= 4 is 37.5 Å². The third-order valence-corrected chi connectivity index (χ3v) is 5.92. The van der Waals surface area contributed by atoms with E-state index in [1.165, 1.54) is 0 Å². The topological polar surface area (TPSA) is 93.4 Å². The van der Waals surface area contributed by atoms with E-state index in [9.17, 15) is 13.2 Å². The number of fused-ring (bicyclic) bond motifs is 1. The molecule has 1 unspecified atom stereocenters. The van der Waals surface area contributed by atoms with Gasteiger partial charge in [-0.1, -0.05) is 12.1 Å². The number of aromatic nitrogens is 1. The number of para-hydroxylation sites is 1. The summed E-state index contributed by atoms with van der Waals surface area (Å²) in [7, 11) is -3.65. The summed E-state index contributed by atoms with van der Waals surface area (Å²) in [6.07, 6.45) is 0.612. The number of rotatable bonds is 4. The third kappa shape index (κ3) is 3.07. The Labute approximate surface area is 126 Å². The van der Waals surface area contributed by atoms with Gasteiger partial charge in [0.05, 0.1) is 15.2 Å². The number of nitrogens with two attached hydrogens (primary N) is 1. The second-order valence-corrected chi connectivity index (χ2v) is 8.04. The second kappa shape index (κ2) is 5.36. The van der Waals surface area contributed by atoms with Crippen molar-refractivity contribution in [2.45, 2.75) is 18.1 Å². The number of carbonyl (C=O) groups is 1. The molecule has 0 radical (unpaired) electrons. The molecule has 2 aromatic rings. The fourth-order valence-electron chi connectivity index (χ4n) is 2.43. The Morgan fingerprint density at radius 2 is 2.14 bits per heavy atom. The lowest BCUT2D eigenvalue weighted by Gasteiger charge is -2.14. The molecule has 6 nitrogen and oxygen atoms in total. The SMILES string of the molecule is NS(=O)(=O)C1CC(=O)N(CCc2nc3ccccc3s2)C1. The van der Waals surface area contributed by atoms with Gasteiger partial charge in [-0.05, 0) is 12.1 Å². The molecule has 1 saturated heterocycles. The highest BCUT2D eigenvalue weighted by Gasteiger charge is 2.36. The van der Waals surface area contributed by atoms with E-state index >= 15 is 0 Å². The number of thiazole rings is 1. The number of hydrogen-bond acceptors (Lipinski definition) is 5. The summed E-state index contributed by atoms with van der Waals surface area (Å²) in [5.41, 5.74) is 0.952. The van der Waals surface area contributed by atoms with Crippen molar-refractivity contribution in [2.24, 2.45) is 5.14 Å². The minimum absolute atomic E-state index is 0.0152. The number of amides is 1. The van der Waals surface area contributed by atoms with E-state index in [0.717, 1.165) is 15.2 Å². The summed E-state index contributed by atoms with van der Waals surface area (Å²) < 4.78 is 23.7. The average Bonchev–Trinajstić information content (AvgIpc) is 2.98. The van der Waals surface area contributed by atoms with Gasteiger partial charge in [0.25, 0.3) is 0 Å². The van der Waals surface area contributed by atoms with Crippen molar-refractivity contribution in [3.63, 3.8) is 0 Å². The molecule has 3 rings (SSSR count). The van der Waals surface area contributed by atoms with Crippen LogP contribution in [0.1, 0.15) is 11.4 Å². The molecule has 21 heavy (non-hydrogen) atoms. The van der Waals surface area contributed by atoms with E-state index in [1.807, 2.05) is 24.3 Å². The van der Waals surface area contributed by atoms with E-state index in [2.05, 4.69) is 4.98 Å². The van der Waals surface area contributed by atoms with Crippen molar-refractivity contribution in [1.82, 2.24) is 9.88 Å². The van der Waals surface area contributed by atoms with Gasteiger partial charge in [0.1, 0.15) is 5.25 Å². The molecule has 112 valence electrons. The first-order valence-corrected chi connectivity index (χ1v) is 9.00. The first kappa shape index (κ1) is 14.4. The minimum Gasteiger partial charge on any atom is -0.341 e. The monoisotopic (exact) mass is 325 g/mol. The van der Waals surface area contributed by atoms with Crippen LogP contribution in [0.4, 0.5) is 0 Å². The molecule has 1 fully saturated rings. The Morgan fingerprint density at radius 3 is 2.81 bits per heavy atom. The maximum atomic E-state index is 11.8. The van der Waals surface area contributed by atoms with Crippen molar-refractivity contribution in [1.29, 1.82) is 0 Å². The summed E-state index contributed by atoms with van der Waals surface area (Å²) in [5.74, 6) is -0.157. The zero-order valence-corrected chi connectivity index (χ0v) is 12.9. The van der Waals surface area contributed by atoms with Crippen molar-refractivity contribution in [3.8, 4) is 0 Å². The molecule has 1 aliphatic rings. The molecular weight excluding hydrogens is 310 g/mol. The van der Waals surface area contributed by atoms with Gasteiger partial charge in [0.15, 0.2) is 0 Å². The molecule has 8 heteroatoms. The molecule has 1 aromatic heterocycles. The summed E-state index contributed by atoms with van der Waals surface area (Å²) >= 11 is 1.60. The van der Waals surface area contributed by atoms with Crippen LogP contribution in [0.2, 0.25) is 0 Å². The molecule has 0 spiro atoms. The van der Waals surface area contributed by atoms with Crippen molar-refractivity contribution < 1.29 is 13.2 Å². The molecule has 2 heterocycles. The fraction of sp³-hybridized carbons (Fsp3) is 0.385. The summed E-state index contributed by atoms with van der Waals surface area (Å²) in [4.78, 5) is 17.9. The Bertz CT molecular complexity index is 752. The summed E-state index contributed by atoms with van der Waals surface area (Å²) in [5, 5.41) is 5.28. The molecular formula is C13H15N3O3S2. The zero-order chi connectivity index (χ0) is 15.0. The summed E-state index contributed by atoms with van der Waals surface area (Å²) in [6.45, 7) is 0.660. The predicted molar refractivity (Wildman–Crippen MR) is 81.4 cm³/mol. The van der Waals surface area contributed by atoms with Crippen LogP contribution in [0, 0.1) is 0 Å². The normalized spacial score (nSPS) is 19.6. The Hall–Kier alpha value is -1.51. The Balaban J connectivity index is 1.66. The minimum atomic E-state index is -3.65. The van der Waals surface area contributed by atoms with E-state index in [1.54, 1.807) is 16.2 Å². The van der Waals surface area contributed by atoms with E-state index < -0.39 is 15.3 Å². The van der Waals surface area contributed by atoms with Crippen LogP contribution in [0.25, 0.3) is 10.2 Å². The number of sulfonamides is 1. The van der Waals surface area contributed by atoms with Crippen LogP contribution < -0.4 is 5.14 Å². The molecule has 0 saturated carbocycles. The molecule has 1 aliphatic heterocycles. The van der Waals surface area contributed by atoms with Crippen LogP contribution in [-0.4, -0.2) is 42.5 Å². The number of primary sulfonamides is 1. The number of carbonyl (C=O) groups excluding carboxylic acids is 1. The van der Waals surface area contributed by atoms with Crippen LogP contribution in [0.15, 0.2) is 24.3 Å². The first-order chi connectivity index (χ1) is 9.93. The largest absolute Gasteiger partial charge is 0.341 e. The predicted octanol–water partition coefficient (Wildman–Crippen LogP) is 0.728. The summed E-state index contributed by atoms with van der Waals surface area (Å²) in [6, 6.07) is 7.86. The van der Waals surface area contributed by atoms with E-state index in [0.29, 0.717) is 13.0 Å². The van der Waals surface area contributed by atoms with Gasteiger partial charge in [-0.3, -0.25) is 4.79 Å². The molecule has 1 aromatic carbocycles. The van der Waals surface area contributed by atoms with Gasteiger partial charge in [-0.15, -0.1) is 11.3 Å². The molecule has 0 aliphatic carbocycles. The standard InChI is InChI=1S/C13H15N3O3S2/c14-21(18,19)9-7-13(17)16(8-9)6-5-12-15-10-3-1-2-4-11(10)20-12/h1-4,9H,5-8H2,(H2,14,18,19). The van der Waals surface area contributed by atoms with Gasteiger partial charge in [-0.25, -0.2) is 18.5 Å². The van der Waals surface area contributed by atoms with Crippen molar-refractivity contribution in [2.75, 3.05) is 13.1 Å². The quantitative estimate of drug-likeness (QED) is 0.896. The highest BCUT2D eigenvalue weighted by Crippen LogP contribution is 2.23. The lowest BCUT2D eigenvalue weighted by Crippen LogP contribution is -2.33. The zero-order valence-electron chi connectivity index (χ0n) is 11.2. The highest BCUT2D eigenvalue weighted by molar-refractivity contribution is 7.89. The second-order valence-electron chi connectivity index (χ2n) is 5.08.